The van der Waals surface area contributed by atoms with Crippen molar-refractivity contribution in [1.82, 2.24) is 0 Å². The van der Waals surface area contributed by atoms with Gasteiger partial charge >= 0.3 is 0 Å². The van der Waals surface area contributed by atoms with Crippen molar-refractivity contribution < 1.29 is 4.79 Å². The number of nitrogens with two attached hydrogens (primary N) is 1. The zero-order valence-corrected chi connectivity index (χ0v) is 10.7. The quantitative estimate of drug-likeness (QED) is 0.878. The molecule has 1 aliphatic rings. The molecule has 1 saturated carbocycles. The number of rotatable bonds is 3. The highest BCUT2D eigenvalue weighted by Crippen LogP contribution is 2.27. The van der Waals surface area contributed by atoms with Gasteiger partial charge in [0, 0.05) is 17.8 Å². The van der Waals surface area contributed by atoms with Crippen molar-refractivity contribution >= 4 is 35.3 Å². The van der Waals surface area contributed by atoms with Gasteiger partial charge in [-0.2, -0.15) is 11.3 Å². The van der Waals surface area contributed by atoms with E-state index in [9.17, 15) is 4.79 Å². The minimum atomic E-state index is 0. The summed E-state index contributed by atoms with van der Waals surface area (Å²) >= 11 is 1.59. The maximum Gasteiger partial charge on any atom is 0.224 e. The van der Waals surface area contributed by atoms with Crippen molar-refractivity contribution in [3.8, 4) is 0 Å². The summed E-state index contributed by atoms with van der Waals surface area (Å²) in [5.41, 5.74) is 6.82. The normalized spacial score (nSPS) is 23.8. The van der Waals surface area contributed by atoms with Crippen LogP contribution in [0, 0.1) is 5.92 Å². The van der Waals surface area contributed by atoms with E-state index >= 15 is 0 Å². The molecule has 1 fully saturated rings. The molecule has 16 heavy (non-hydrogen) atoms. The summed E-state index contributed by atoms with van der Waals surface area (Å²) in [7, 11) is 0. The molecule has 1 amide bonds. The Labute approximate surface area is 106 Å². The molecule has 0 bridgehead atoms. The van der Waals surface area contributed by atoms with E-state index in [4.69, 9.17) is 5.73 Å². The predicted octanol–water partition coefficient (Wildman–Crippen LogP) is 2.63. The molecular weight excluding hydrogens is 244 g/mol. The van der Waals surface area contributed by atoms with Gasteiger partial charge in [0.05, 0.1) is 5.69 Å². The van der Waals surface area contributed by atoms with Crippen LogP contribution in [0.15, 0.2) is 16.8 Å². The summed E-state index contributed by atoms with van der Waals surface area (Å²) in [5, 5.41) is 6.78. The van der Waals surface area contributed by atoms with E-state index in [1.165, 1.54) is 0 Å². The lowest BCUT2D eigenvalue weighted by Crippen LogP contribution is -2.28. The largest absolute Gasteiger partial charge is 0.327 e. The average Bonchev–Trinajstić information content (AvgIpc) is 2.79. The molecule has 2 atom stereocenters. The Morgan fingerprint density at radius 3 is 2.94 bits per heavy atom. The molecule has 1 aromatic heterocycles. The number of anilines is 1. The maximum absolute atomic E-state index is 11.6. The lowest BCUT2D eigenvalue weighted by Gasteiger charge is -2.14. The minimum Gasteiger partial charge on any atom is -0.327 e. The van der Waals surface area contributed by atoms with Crippen molar-refractivity contribution in [3.05, 3.63) is 16.8 Å². The van der Waals surface area contributed by atoms with Crippen LogP contribution in [0.3, 0.4) is 0 Å². The molecule has 1 aliphatic carbocycles. The molecule has 0 saturated heterocycles. The van der Waals surface area contributed by atoms with Gasteiger partial charge in [0.15, 0.2) is 0 Å². The van der Waals surface area contributed by atoms with Gasteiger partial charge < -0.3 is 11.1 Å². The van der Waals surface area contributed by atoms with Crippen LogP contribution in [-0.2, 0) is 4.79 Å². The zero-order chi connectivity index (χ0) is 10.7. The molecule has 0 aliphatic heterocycles. The van der Waals surface area contributed by atoms with Crippen LogP contribution in [-0.4, -0.2) is 11.9 Å². The molecule has 0 radical (unpaired) electrons. The predicted molar refractivity (Wildman–Crippen MR) is 70.1 cm³/mol. The number of carbonyl (C=O) groups is 1. The molecule has 3 nitrogen and oxygen atoms in total. The molecule has 0 unspecified atom stereocenters. The van der Waals surface area contributed by atoms with Gasteiger partial charge in [0.1, 0.15) is 0 Å². The Bertz CT molecular complexity index is 329. The summed E-state index contributed by atoms with van der Waals surface area (Å²) in [5.74, 6) is 0.472. The second-order valence-corrected chi connectivity index (χ2v) is 4.90. The third-order valence-corrected chi connectivity index (χ3v) is 3.65. The smallest absolute Gasteiger partial charge is 0.224 e. The van der Waals surface area contributed by atoms with Crippen molar-refractivity contribution in [2.45, 2.75) is 31.7 Å². The Kier molecular flexibility index (Phi) is 5.25. The van der Waals surface area contributed by atoms with E-state index in [0.29, 0.717) is 12.3 Å². The first-order valence-corrected chi connectivity index (χ1v) is 6.27. The van der Waals surface area contributed by atoms with Crippen LogP contribution in [0.25, 0.3) is 0 Å². The van der Waals surface area contributed by atoms with Gasteiger partial charge in [-0.05, 0) is 30.2 Å². The highest BCUT2D eigenvalue weighted by atomic mass is 35.5. The van der Waals surface area contributed by atoms with E-state index in [0.717, 1.165) is 24.9 Å². The van der Waals surface area contributed by atoms with Crippen LogP contribution >= 0.6 is 23.7 Å². The van der Waals surface area contributed by atoms with Gasteiger partial charge in [-0.15, -0.1) is 12.4 Å². The number of carbonyl (C=O) groups excluding carboxylic acids is 1. The first kappa shape index (κ1) is 13.5. The van der Waals surface area contributed by atoms with Crippen LogP contribution in [0.1, 0.15) is 25.7 Å². The zero-order valence-electron chi connectivity index (χ0n) is 9.02. The monoisotopic (exact) mass is 260 g/mol. The number of halogens is 1. The fourth-order valence-corrected chi connectivity index (χ4v) is 2.69. The lowest BCUT2D eigenvalue weighted by atomic mass is 10.00. The molecule has 90 valence electrons. The summed E-state index contributed by atoms with van der Waals surface area (Å²) in [6.07, 6.45) is 3.89. The molecule has 1 aromatic rings. The van der Waals surface area contributed by atoms with E-state index in [2.05, 4.69) is 5.32 Å². The Morgan fingerprint density at radius 1 is 1.56 bits per heavy atom. The number of nitrogens with one attached hydrogen (secondary N) is 1. The lowest BCUT2D eigenvalue weighted by molar-refractivity contribution is -0.117. The number of hydrogen-bond donors (Lipinski definition) is 2. The molecular formula is C11H17ClN2OS. The molecule has 0 spiro atoms. The molecule has 5 heteroatoms. The van der Waals surface area contributed by atoms with E-state index in [1.807, 2.05) is 16.8 Å². The third-order valence-electron chi connectivity index (χ3n) is 2.97. The molecule has 1 heterocycles. The van der Waals surface area contributed by atoms with Gasteiger partial charge in [-0.1, -0.05) is 6.42 Å². The van der Waals surface area contributed by atoms with E-state index in [-0.39, 0.29) is 24.4 Å². The second kappa shape index (κ2) is 6.23. The van der Waals surface area contributed by atoms with Crippen molar-refractivity contribution in [2.24, 2.45) is 11.7 Å². The van der Waals surface area contributed by atoms with Gasteiger partial charge in [0.25, 0.3) is 0 Å². The minimum absolute atomic E-state index is 0. The average molecular weight is 261 g/mol. The standard InChI is InChI=1S/C11H16N2OS.ClH/c12-10-3-1-2-8(10)6-11(14)13-9-4-5-15-7-9;/h4-5,7-8,10H,1-3,6,12H2,(H,13,14);1H/t8-,10+;/m0./s1. The fourth-order valence-electron chi connectivity index (χ4n) is 2.10. The number of amides is 1. The topological polar surface area (TPSA) is 55.1 Å². The Hall–Kier alpha value is -0.580. The van der Waals surface area contributed by atoms with E-state index in [1.54, 1.807) is 11.3 Å². The van der Waals surface area contributed by atoms with Gasteiger partial charge in [-0.3, -0.25) is 4.79 Å². The highest BCUT2D eigenvalue weighted by molar-refractivity contribution is 7.08. The fraction of sp³-hybridized carbons (Fsp3) is 0.545. The third kappa shape index (κ3) is 3.47. The summed E-state index contributed by atoms with van der Waals surface area (Å²) in [6.45, 7) is 0. The first-order chi connectivity index (χ1) is 7.25. The van der Waals surface area contributed by atoms with Crippen molar-refractivity contribution in [1.29, 1.82) is 0 Å². The highest BCUT2D eigenvalue weighted by Gasteiger charge is 2.25. The number of thiophene rings is 1. The van der Waals surface area contributed by atoms with Crippen LogP contribution in [0.2, 0.25) is 0 Å². The van der Waals surface area contributed by atoms with Gasteiger partial charge in [-0.25, -0.2) is 0 Å². The Balaban J connectivity index is 0.00000128. The SMILES string of the molecule is Cl.N[C@@H]1CCC[C@H]1CC(=O)Nc1ccsc1. The molecule has 0 aromatic carbocycles. The van der Waals surface area contributed by atoms with Crippen LogP contribution < -0.4 is 11.1 Å². The summed E-state index contributed by atoms with van der Waals surface area (Å²) in [6, 6.07) is 2.13. The summed E-state index contributed by atoms with van der Waals surface area (Å²) in [4.78, 5) is 11.6. The Morgan fingerprint density at radius 2 is 2.38 bits per heavy atom. The van der Waals surface area contributed by atoms with Crippen LogP contribution in [0.5, 0.6) is 0 Å². The van der Waals surface area contributed by atoms with E-state index < -0.39 is 0 Å². The molecule has 3 N–H and O–H groups in total. The van der Waals surface area contributed by atoms with Gasteiger partial charge in [0.2, 0.25) is 5.91 Å². The van der Waals surface area contributed by atoms with Crippen molar-refractivity contribution in [2.75, 3.05) is 5.32 Å². The van der Waals surface area contributed by atoms with Crippen molar-refractivity contribution in [3.63, 3.8) is 0 Å². The maximum atomic E-state index is 11.6. The second-order valence-electron chi connectivity index (χ2n) is 4.12. The molecule has 2 rings (SSSR count). The first-order valence-electron chi connectivity index (χ1n) is 5.33. The summed E-state index contributed by atoms with van der Waals surface area (Å²) < 4.78 is 0. The number of hydrogen-bond acceptors (Lipinski definition) is 3. The van der Waals surface area contributed by atoms with Crippen LogP contribution in [0.4, 0.5) is 5.69 Å².